The molecule has 34 heavy (non-hydrogen) atoms. The molecule has 172 valence electrons. The first-order valence-corrected chi connectivity index (χ1v) is 11.1. The van der Waals surface area contributed by atoms with Crippen molar-refractivity contribution in [1.82, 2.24) is 19.7 Å². The Hall–Kier alpha value is -4.07. The van der Waals surface area contributed by atoms with Gasteiger partial charge in [0.1, 0.15) is 24.0 Å². The number of amides is 1. The molecule has 0 unspecified atom stereocenters. The first kappa shape index (κ1) is 21.8. The molecule has 0 saturated carbocycles. The summed E-state index contributed by atoms with van der Waals surface area (Å²) in [6, 6.07) is 15.8. The van der Waals surface area contributed by atoms with Gasteiger partial charge in [-0.15, -0.1) is 0 Å². The molecule has 8 heteroatoms. The number of fused-ring (bicyclic) bond motifs is 1. The van der Waals surface area contributed by atoms with E-state index in [9.17, 15) is 9.18 Å². The zero-order chi connectivity index (χ0) is 23.8. The van der Waals surface area contributed by atoms with Gasteiger partial charge in [-0.3, -0.25) is 4.79 Å². The fourth-order valence-electron chi connectivity index (χ4n) is 4.32. The van der Waals surface area contributed by atoms with E-state index >= 15 is 0 Å². The summed E-state index contributed by atoms with van der Waals surface area (Å²) in [4.78, 5) is 21.7. The van der Waals surface area contributed by atoms with Crippen molar-refractivity contribution < 1.29 is 13.9 Å². The second-order valence-corrected chi connectivity index (χ2v) is 8.50. The maximum absolute atomic E-state index is 13.1. The van der Waals surface area contributed by atoms with Crippen LogP contribution in [0.4, 0.5) is 10.2 Å². The number of hydrogen-bond donors (Lipinski definition) is 1. The summed E-state index contributed by atoms with van der Waals surface area (Å²) in [7, 11) is 0. The number of carbonyl (C=O) groups is 1. The van der Waals surface area contributed by atoms with Crippen LogP contribution in [0.5, 0.6) is 5.75 Å². The maximum atomic E-state index is 13.1. The number of nitrogens with one attached hydrogen (secondary N) is 1. The predicted molar refractivity (Wildman–Crippen MR) is 126 cm³/mol. The third-order valence-electron chi connectivity index (χ3n) is 5.86. The lowest BCUT2D eigenvalue weighted by Crippen LogP contribution is -2.25. The summed E-state index contributed by atoms with van der Waals surface area (Å²) < 4.78 is 20.5. The van der Waals surface area contributed by atoms with Crippen LogP contribution in [0.25, 0.3) is 5.95 Å². The van der Waals surface area contributed by atoms with Crippen LogP contribution in [-0.4, -0.2) is 25.7 Å². The molecule has 0 spiro atoms. The minimum Gasteiger partial charge on any atom is -0.489 e. The SMILES string of the molecule is Cc1cc(C)nc(-n2nc(C)c3c2NC(=O)C[C@H]3c2ccc(OCc3ccc(F)cc3)cc2)n1. The van der Waals surface area contributed by atoms with Crippen molar-refractivity contribution in [3.63, 3.8) is 0 Å². The Kier molecular flexibility index (Phi) is 5.57. The van der Waals surface area contributed by atoms with Crippen LogP contribution in [0.15, 0.2) is 54.6 Å². The number of carbonyl (C=O) groups excluding carboxylic acids is 1. The lowest BCUT2D eigenvalue weighted by molar-refractivity contribution is -0.116. The average Bonchev–Trinajstić information content (AvgIpc) is 3.14. The second kappa shape index (κ2) is 8.70. The third-order valence-corrected chi connectivity index (χ3v) is 5.86. The highest BCUT2D eigenvalue weighted by Crippen LogP contribution is 2.40. The number of hydrogen-bond acceptors (Lipinski definition) is 5. The Morgan fingerprint density at radius 3 is 2.38 bits per heavy atom. The van der Waals surface area contributed by atoms with Gasteiger partial charge in [-0.25, -0.2) is 14.4 Å². The van der Waals surface area contributed by atoms with Crippen LogP contribution in [0.3, 0.4) is 0 Å². The summed E-state index contributed by atoms with van der Waals surface area (Å²) >= 11 is 0. The Morgan fingerprint density at radius 1 is 1.03 bits per heavy atom. The van der Waals surface area contributed by atoms with Gasteiger partial charge in [-0.2, -0.15) is 9.78 Å². The summed E-state index contributed by atoms with van der Waals surface area (Å²) in [6.45, 7) is 6.09. The van der Waals surface area contributed by atoms with E-state index in [0.29, 0.717) is 30.5 Å². The Labute approximate surface area is 196 Å². The van der Waals surface area contributed by atoms with Gasteiger partial charge in [-0.1, -0.05) is 24.3 Å². The van der Waals surface area contributed by atoms with Crippen molar-refractivity contribution >= 4 is 11.7 Å². The predicted octanol–water partition coefficient (Wildman–Crippen LogP) is 4.78. The number of halogens is 1. The third kappa shape index (κ3) is 4.26. The van der Waals surface area contributed by atoms with Gasteiger partial charge >= 0.3 is 0 Å². The molecule has 1 aliphatic rings. The van der Waals surface area contributed by atoms with E-state index in [0.717, 1.165) is 33.8 Å². The zero-order valence-electron chi connectivity index (χ0n) is 19.2. The summed E-state index contributed by atoms with van der Waals surface area (Å²) in [5, 5.41) is 7.64. The quantitative estimate of drug-likeness (QED) is 0.466. The van der Waals surface area contributed by atoms with Gasteiger partial charge < -0.3 is 10.1 Å². The molecule has 0 saturated heterocycles. The highest BCUT2D eigenvalue weighted by atomic mass is 19.1. The molecule has 4 aromatic rings. The molecule has 0 fully saturated rings. The van der Waals surface area contributed by atoms with Crippen molar-refractivity contribution in [3.8, 4) is 11.7 Å². The number of aryl methyl sites for hydroxylation is 3. The molecule has 2 aromatic carbocycles. The first-order chi connectivity index (χ1) is 16.4. The molecule has 1 atom stereocenters. The van der Waals surface area contributed by atoms with E-state index in [2.05, 4.69) is 20.4 Å². The molecule has 3 heterocycles. The Balaban J connectivity index is 1.42. The smallest absolute Gasteiger partial charge is 0.252 e. The van der Waals surface area contributed by atoms with E-state index in [-0.39, 0.29) is 17.6 Å². The highest BCUT2D eigenvalue weighted by molar-refractivity contribution is 5.95. The van der Waals surface area contributed by atoms with Crippen molar-refractivity contribution in [2.75, 3.05) is 5.32 Å². The average molecular weight is 458 g/mol. The standard InChI is InChI=1S/C26H24FN5O2/c1-15-12-16(2)29-26(28-15)32-25-24(17(3)31-32)22(13-23(33)30-25)19-6-10-21(11-7-19)34-14-18-4-8-20(27)9-5-18/h4-12,22H,13-14H2,1-3H3,(H,30,33)/t22-/m0/s1. The van der Waals surface area contributed by atoms with E-state index in [4.69, 9.17) is 4.74 Å². The molecular formula is C26H24FN5O2. The van der Waals surface area contributed by atoms with Gasteiger partial charge in [0, 0.05) is 29.3 Å². The van der Waals surface area contributed by atoms with Crippen molar-refractivity contribution in [1.29, 1.82) is 0 Å². The zero-order valence-corrected chi connectivity index (χ0v) is 19.2. The van der Waals surface area contributed by atoms with Crippen molar-refractivity contribution in [3.05, 3.63) is 94.2 Å². The summed E-state index contributed by atoms with van der Waals surface area (Å²) in [5.41, 5.74) is 5.32. The van der Waals surface area contributed by atoms with Crippen LogP contribution in [0, 0.1) is 26.6 Å². The first-order valence-electron chi connectivity index (χ1n) is 11.1. The second-order valence-electron chi connectivity index (χ2n) is 8.50. The number of rotatable bonds is 5. The summed E-state index contributed by atoms with van der Waals surface area (Å²) in [6.07, 6.45) is 0.322. The largest absolute Gasteiger partial charge is 0.489 e. The van der Waals surface area contributed by atoms with Gasteiger partial charge in [0.25, 0.3) is 5.95 Å². The van der Waals surface area contributed by atoms with Gasteiger partial charge in [-0.05, 0) is 62.2 Å². The van der Waals surface area contributed by atoms with Crippen molar-refractivity contribution in [2.45, 2.75) is 39.7 Å². The molecular weight excluding hydrogens is 433 g/mol. The molecule has 0 radical (unpaired) electrons. The number of anilines is 1. The van der Waals surface area contributed by atoms with E-state index < -0.39 is 0 Å². The van der Waals surface area contributed by atoms with Crippen LogP contribution >= 0.6 is 0 Å². The molecule has 1 aliphatic heterocycles. The van der Waals surface area contributed by atoms with Crippen LogP contribution in [0.2, 0.25) is 0 Å². The number of nitrogens with zero attached hydrogens (tertiary/aromatic N) is 4. The number of benzene rings is 2. The number of ether oxygens (including phenoxy) is 1. The van der Waals surface area contributed by atoms with Gasteiger partial charge in [0.15, 0.2) is 0 Å². The van der Waals surface area contributed by atoms with E-state index in [1.807, 2.05) is 51.1 Å². The number of aromatic nitrogens is 4. The molecule has 5 rings (SSSR count). The monoisotopic (exact) mass is 457 g/mol. The lowest BCUT2D eigenvalue weighted by atomic mass is 9.86. The fraction of sp³-hybridized carbons (Fsp3) is 0.231. The highest BCUT2D eigenvalue weighted by Gasteiger charge is 2.33. The normalized spacial score (nSPS) is 15.1. The van der Waals surface area contributed by atoms with E-state index in [1.165, 1.54) is 12.1 Å². The fourth-order valence-corrected chi connectivity index (χ4v) is 4.32. The molecule has 2 aromatic heterocycles. The molecule has 1 N–H and O–H groups in total. The maximum Gasteiger partial charge on any atom is 0.252 e. The van der Waals surface area contributed by atoms with E-state index in [1.54, 1.807) is 16.8 Å². The van der Waals surface area contributed by atoms with Crippen LogP contribution in [-0.2, 0) is 11.4 Å². The Bertz CT molecular complexity index is 1340. The molecule has 7 nitrogen and oxygen atoms in total. The minimum absolute atomic E-state index is 0.0836. The van der Waals surface area contributed by atoms with Gasteiger partial charge in [0.2, 0.25) is 5.91 Å². The van der Waals surface area contributed by atoms with Crippen molar-refractivity contribution in [2.24, 2.45) is 0 Å². The summed E-state index contributed by atoms with van der Waals surface area (Å²) in [5.74, 6) is 1.25. The topological polar surface area (TPSA) is 81.9 Å². The lowest BCUT2D eigenvalue weighted by Gasteiger charge is -2.24. The van der Waals surface area contributed by atoms with Crippen LogP contribution < -0.4 is 10.1 Å². The van der Waals surface area contributed by atoms with Gasteiger partial charge in [0.05, 0.1) is 5.69 Å². The molecule has 0 aliphatic carbocycles. The molecule has 1 amide bonds. The Morgan fingerprint density at radius 2 is 1.71 bits per heavy atom. The minimum atomic E-state index is -0.272. The van der Waals surface area contributed by atoms with Crippen LogP contribution in [0.1, 0.15) is 46.1 Å². The molecule has 0 bridgehead atoms.